The van der Waals surface area contributed by atoms with Crippen molar-refractivity contribution in [2.45, 2.75) is 33.3 Å². The molecule has 0 fully saturated rings. The molecule has 0 saturated carbocycles. The quantitative estimate of drug-likeness (QED) is 0.567. The number of imidazole rings is 1. The number of rotatable bonds is 3. The van der Waals surface area contributed by atoms with E-state index in [0.29, 0.717) is 5.69 Å². The molecule has 0 saturated heterocycles. The van der Waals surface area contributed by atoms with Crippen LogP contribution >= 0.6 is 0 Å². The van der Waals surface area contributed by atoms with Crippen molar-refractivity contribution in [2.75, 3.05) is 0 Å². The third-order valence-electron chi connectivity index (χ3n) is 4.97. The van der Waals surface area contributed by atoms with Crippen LogP contribution in [0.1, 0.15) is 30.7 Å². The molecule has 2 aromatic carbocycles. The first-order valence-corrected chi connectivity index (χ1v) is 9.08. The Hall–Kier alpha value is -2.98. The average molecular weight is 357 g/mol. The van der Waals surface area contributed by atoms with Crippen molar-refractivity contribution in [1.29, 1.82) is 0 Å². The second-order valence-corrected chi connectivity index (χ2v) is 7.58. The van der Waals surface area contributed by atoms with Crippen LogP contribution in [0.4, 0.5) is 0 Å². The molecule has 0 unspecified atom stereocenters. The first kappa shape index (κ1) is 17.4. The highest BCUT2D eigenvalue weighted by Gasteiger charge is 2.18. The first-order chi connectivity index (χ1) is 12.8. The minimum Gasteiger partial charge on any atom is -0.384 e. The molecule has 136 valence electrons. The molecule has 0 spiro atoms. The summed E-state index contributed by atoms with van der Waals surface area (Å²) in [6.45, 7) is 7.72. The average Bonchev–Trinajstić information content (AvgIpc) is 3.07. The van der Waals surface area contributed by atoms with Gasteiger partial charge in [-0.1, -0.05) is 42.5 Å². The normalized spacial score (nSPS) is 11.9. The van der Waals surface area contributed by atoms with Crippen LogP contribution < -0.4 is 0 Å². The smallest absolute Gasteiger partial charge is 0.154 e. The van der Waals surface area contributed by atoms with Gasteiger partial charge >= 0.3 is 0 Å². The number of fused-ring (bicyclic) bond motifs is 1. The topological polar surface area (TPSA) is 50.4 Å². The molecule has 0 aliphatic rings. The van der Waals surface area contributed by atoms with Gasteiger partial charge in [-0.15, -0.1) is 0 Å². The zero-order valence-electron chi connectivity index (χ0n) is 16.1. The molecule has 4 nitrogen and oxygen atoms in total. The third-order valence-corrected chi connectivity index (χ3v) is 4.97. The lowest BCUT2D eigenvalue weighted by atomic mass is 9.99. The Kier molecular flexibility index (Phi) is 4.08. The van der Waals surface area contributed by atoms with Gasteiger partial charge in [0, 0.05) is 5.56 Å². The highest BCUT2D eigenvalue weighted by molar-refractivity contribution is 5.70. The van der Waals surface area contributed by atoms with Crippen LogP contribution in [0, 0.1) is 13.8 Å². The van der Waals surface area contributed by atoms with E-state index in [4.69, 9.17) is 0 Å². The summed E-state index contributed by atoms with van der Waals surface area (Å²) in [5.74, 6) is 0. The summed E-state index contributed by atoms with van der Waals surface area (Å²) in [5.41, 5.74) is 7.31. The van der Waals surface area contributed by atoms with Gasteiger partial charge in [0.05, 0.1) is 17.6 Å². The lowest BCUT2D eigenvalue weighted by Crippen LogP contribution is -2.18. The number of aliphatic hydroxyl groups is 1. The van der Waals surface area contributed by atoms with Crippen LogP contribution in [0.2, 0.25) is 0 Å². The Morgan fingerprint density at radius 2 is 1.48 bits per heavy atom. The van der Waals surface area contributed by atoms with Crippen molar-refractivity contribution in [2.24, 2.45) is 0 Å². The van der Waals surface area contributed by atoms with E-state index in [2.05, 4.69) is 66.4 Å². The largest absolute Gasteiger partial charge is 0.384 e. The van der Waals surface area contributed by atoms with Crippen LogP contribution in [-0.2, 0) is 5.60 Å². The molecule has 0 amide bonds. The van der Waals surface area contributed by atoms with Crippen molar-refractivity contribution in [3.8, 4) is 22.4 Å². The minimum absolute atomic E-state index is 0.615. The van der Waals surface area contributed by atoms with Crippen molar-refractivity contribution < 1.29 is 5.11 Å². The monoisotopic (exact) mass is 357 g/mol. The molecule has 1 N–H and O–H groups in total. The Labute approximate surface area is 159 Å². The van der Waals surface area contributed by atoms with Gasteiger partial charge in [-0.25, -0.2) is 9.50 Å². The predicted molar refractivity (Wildman–Crippen MR) is 109 cm³/mol. The third kappa shape index (κ3) is 3.36. The summed E-state index contributed by atoms with van der Waals surface area (Å²) in [5, 5.41) is 14.6. The first-order valence-electron chi connectivity index (χ1n) is 9.08. The standard InChI is InChI=1S/C23H23N3O/c1-15-5-6-19(13-16(15)2)17-7-9-18(10-8-17)20-14-26-22(24-20)12-11-21(25-26)23(3,4)27/h5-14,27H,1-4H3. The molecule has 27 heavy (non-hydrogen) atoms. The maximum atomic E-state index is 10.2. The van der Waals surface area contributed by atoms with Crippen LogP contribution in [0.15, 0.2) is 60.8 Å². The number of aromatic nitrogens is 3. The maximum Gasteiger partial charge on any atom is 0.154 e. The van der Waals surface area contributed by atoms with Crippen LogP contribution in [0.3, 0.4) is 0 Å². The Morgan fingerprint density at radius 3 is 2.15 bits per heavy atom. The zero-order valence-corrected chi connectivity index (χ0v) is 16.1. The molecule has 0 aliphatic heterocycles. The van der Waals surface area contributed by atoms with Gasteiger partial charge in [0.25, 0.3) is 0 Å². The molecule has 4 heteroatoms. The fourth-order valence-corrected chi connectivity index (χ4v) is 3.10. The van der Waals surface area contributed by atoms with Crippen molar-refractivity contribution in [3.63, 3.8) is 0 Å². The maximum absolute atomic E-state index is 10.2. The molecule has 4 aromatic rings. The van der Waals surface area contributed by atoms with Gasteiger partial charge in [-0.3, -0.25) is 0 Å². The molecule has 2 heterocycles. The Bertz CT molecular complexity index is 1120. The van der Waals surface area contributed by atoms with Gasteiger partial charge in [0.2, 0.25) is 0 Å². The highest BCUT2D eigenvalue weighted by Crippen LogP contribution is 2.26. The van der Waals surface area contributed by atoms with Crippen LogP contribution in [0.5, 0.6) is 0 Å². The van der Waals surface area contributed by atoms with E-state index in [0.717, 1.165) is 16.9 Å². The summed E-state index contributed by atoms with van der Waals surface area (Å²) in [7, 11) is 0. The number of benzene rings is 2. The highest BCUT2D eigenvalue weighted by atomic mass is 16.3. The van der Waals surface area contributed by atoms with E-state index in [1.807, 2.05) is 18.3 Å². The molecule has 0 atom stereocenters. The number of nitrogens with zero attached hydrogens (tertiary/aromatic N) is 3. The molecule has 0 radical (unpaired) electrons. The van der Waals surface area contributed by atoms with Gasteiger partial charge in [0.1, 0.15) is 5.60 Å². The van der Waals surface area contributed by atoms with E-state index in [1.54, 1.807) is 18.4 Å². The second kappa shape index (κ2) is 6.32. The molecule has 2 aromatic heterocycles. The molecule has 4 rings (SSSR count). The summed E-state index contributed by atoms with van der Waals surface area (Å²) in [6, 6.07) is 18.7. The van der Waals surface area contributed by atoms with Crippen molar-refractivity contribution in [1.82, 2.24) is 14.6 Å². The lowest BCUT2D eigenvalue weighted by molar-refractivity contribution is 0.0726. The van der Waals surface area contributed by atoms with E-state index >= 15 is 0 Å². The predicted octanol–water partition coefficient (Wildman–Crippen LogP) is 4.91. The van der Waals surface area contributed by atoms with E-state index in [1.165, 1.54) is 22.3 Å². The van der Waals surface area contributed by atoms with Gasteiger partial charge in [-0.2, -0.15) is 5.10 Å². The van der Waals surface area contributed by atoms with E-state index in [-0.39, 0.29) is 0 Å². The number of aryl methyl sites for hydroxylation is 2. The lowest BCUT2D eigenvalue weighted by Gasteiger charge is -2.15. The molecular formula is C23H23N3O. The minimum atomic E-state index is -0.980. The summed E-state index contributed by atoms with van der Waals surface area (Å²) >= 11 is 0. The Morgan fingerprint density at radius 1 is 0.815 bits per heavy atom. The SMILES string of the molecule is Cc1ccc(-c2ccc(-c3cn4nc(C(C)(C)O)ccc4n3)cc2)cc1C. The fraction of sp³-hybridized carbons (Fsp3) is 0.217. The summed E-state index contributed by atoms with van der Waals surface area (Å²) < 4.78 is 1.72. The summed E-state index contributed by atoms with van der Waals surface area (Å²) in [4.78, 5) is 4.65. The van der Waals surface area contributed by atoms with Crippen LogP contribution in [-0.4, -0.2) is 19.7 Å². The molecule has 0 aliphatic carbocycles. The zero-order chi connectivity index (χ0) is 19.2. The van der Waals surface area contributed by atoms with E-state index < -0.39 is 5.60 Å². The van der Waals surface area contributed by atoms with Crippen LogP contribution in [0.25, 0.3) is 28.0 Å². The van der Waals surface area contributed by atoms with Crippen molar-refractivity contribution in [3.05, 3.63) is 77.6 Å². The second-order valence-electron chi connectivity index (χ2n) is 7.58. The van der Waals surface area contributed by atoms with Gasteiger partial charge in [-0.05, 0) is 62.1 Å². The van der Waals surface area contributed by atoms with Gasteiger partial charge < -0.3 is 5.11 Å². The van der Waals surface area contributed by atoms with Gasteiger partial charge in [0.15, 0.2) is 5.65 Å². The molecule has 0 bridgehead atoms. The van der Waals surface area contributed by atoms with E-state index in [9.17, 15) is 5.11 Å². The Balaban J connectivity index is 1.68. The molecular weight excluding hydrogens is 334 g/mol. The number of hydrogen-bond acceptors (Lipinski definition) is 3. The summed E-state index contributed by atoms with van der Waals surface area (Å²) in [6.07, 6.45) is 1.90. The van der Waals surface area contributed by atoms with Crippen molar-refractivity contribution >= 4 is 5.65 Å². The fourth-order valence-electron chi connectivity index (χ4n) is 3.10. The number of hydrogen-bond donors (Lipinski definition) is 1.